The number of carbonyl (C=O) groups excluding carboxylic acids is 2. The predicted octanol–water partition coefficient (Wildman–Crippen LogP) is 4.17. The normalized spacial score (nSPS) is 14.6. The molecule has 2 aromatic rings. The molecule has 0 fully saturated rings. The highest BCUT2D eigenvalue weighted by molar-refractivity contribution is 7.12. The molecular formula is C24H32N2O2S. The van der Waals surface area contributed by atoms with Crippen molar-refractivity contribution in [3.8, 4) is 0 Å². The number of nitrogens with two attached hydrogens (primary N) is 1. The average molecular weight is 413 g/mol. The number of carbonyl (C=O) groups is 2. The van der Waals surface area contributed by atoms with Gasteiger partial charge in [0.1, 0.15) is 5.78 Å². The third-order valence-electron chi connectivity index (χ3n) is 5.42. The van der Waals surface area contributed by atoms with Crippen molar-refractivity contribution >= 4 is 23.0 Å². The number of fused-ring (bicyclic) bond motifs is 1. The fourth-order valence-electron chi connectivity index (χ4n) is 4.05. The van der Waals surface area contributed by atoms with E-state index in [1.54, 1.807) is 11.3 Å². The smallest absolute Gasteiger partial charge is 0.250 e. The molecule has 0 bridgehead atoms. The fraction of sp³-hybridized carbons (Fsp3) is 0.500. The third-order valence-corrected chi connectivity index (χ3v) is 6.64. The van der Waals surface area contributed by atoms with Crippen LogP contribution in [0.2, 0.25) is 0 Å². The number of benzene rings is 1. The van der Waals surface area contributed by atoms with Crippen LogP contribution in [0.25, 0.3) is 0 Å². The first-order chi connectivity index (χ1) is 13.7. The van der Waals surface area contributed by atoms with Crippen LogP contribution in [0.5, 0.6) is 0 Å². The molecule has 0 saturated heterocycles. The van der Waals surface area contributed by atoms with Gasteiger partial charge in [0, 0.05) is 35.7 Å². The largest absolute Gasteiger partial charge is 0.366 e. The first kappa shape index (κ1) is 21.7. The van der Waals surface area contributed by atoms with Gasteiger partial charge < -0.3 is 5.73 Å². The molecule has 4 nitrogen and oxygen atoms in total. The molecule has 1 amide bonds. The Morgan fingerprint density at radius 1 is 1.10 bits per heavy atom. The Morgan fingerprint density at radius 2 is 1.76 bits per heavy atom. The van der Waals surface area contributed by atoms with E-state index < -0.39 is 5.91 Å². The summed E-state index contributed by atoms with van der Waals surface area (Å²) in [6.45, 7) is 11.6. The monoisotopic (exact) mass is 412 g/mol. The number of rotatable bonds is 7. The van der Waals surface area contributed by atoms with Crippen LogP contribution in [0.15, 0.2) is 24.3 Å². The Balaban J connectivity index is 1.71. The molecule has 2 heterocycles. The lowest BCUT2D eigenvalue weighted by Crippen LogP contribution is -2.30. The van der Waals surface area contributed by atoms with Crippen LogP contribution < -0.4 is 5.73 Å². The minimum atomic E-state index is -0.401. The van der Waals surface area contributed by atoms with Gasteiger partial charge in [0.25, 0.3) is 0 Å². The maximum Gasteiger partial charge on any atom is 0.250 e. The molecule has 1 aromatic heterocycles. The Morgan fingerprint density at radius 3 is 2.34 bits per heavy atom. The van der Waals surface area contributed by atoms with Crippen LogP contribution in [0.3, 0.4) is 0 Å². The number of Topliss-reactive ketones (excluding diaryl/α,β-unsaturated/α-hetero) is 1. The Bertz CT molecular complexity index is 891. The van der Waals surface area contributed by atoms with Crippen molar-refractivity contribution in [3.05, 3.63) is 56.3 Å². The molecule has 0 saturated carbocycles. The molecule has 0 radical (unpaired) electrons. The topological polar surface area (TPSA) is 63.4 Å². The second-order valence-electron chi connectivity index (χ2n) is 9.23. The van der Waals surface area contributed by atoms with Gasteiger partial charge in [-0.05, 0) is 41.5 Å². The average Bonchev–Trinajstić information content (AvgIpc) is 2.98. The minimum absolute atomic E-state index is 0.127. The van der Waals surface area contributed by atoms with Crippen molar-refractivity contribution in [3.63, 3.8) is 0 Å². The van der Waals surface area contributed by atoms with Gasteiger partial charge in [-0.3, -0.25) is 14.5 Å². The molecule has 1 aliphatic rings. The van der Waals surface area contributed by atoms with Gasteiger partial charge >= 0.3 is 0 Å². The molecule has 2 N–H and O–H groups in total. The molecule has 156 valence electrons. The van der Waals surface area contributed by atoms with Gasteiger partial charge in [-0.25, -0.2) is 0 Å². The number of hydrogen-bond acceptors (Lipinski definition) is 4. The predicted molar refractivity (Wildman–Crippen MR) is 120 cm³/mol. The summed E-state index contributed by atoms with van der Waals surface area (Å²) in [5.41, 5.74) is 9.92. The van der Waals surface area contributed by atoms with Crippen LogP contribution in [-0.4, -0.2) is 29.7 Å². The Kier molecular flexibility index (Phi) is 6.59. The van der Waals surface area contributed by atoms with Crippen molar-refractivity contribution < 1.29 is 9.59 Å². The Hall–Kier alpha value is -1.98. The van der Waals surface area contributed by atoms with E-state index >= 15 is 0 Å². The Labute approximate surface area is 178 Å². The lowest BCUT2D eigenvalue weighted by molar-refractivity contribution is -0.117. The molecule has 0 atom stereocenters. The van der Waals surface area contributed by atoms with Gasteiger partial charge in [0.15, 0.2) is 0 Å². The van der Waals surface area contributed by atoms with Gasteiger partial charge in [0.2, 0.25) is 5.91 Å². The summed E-state index contributed by atoms with van der Waals surface area (Å²) in [4.78, 5) is 29.2. The summed E-state index contributed by atoms with van der Waals surface area (Å²) in [5.74, 6) is -0.274. The van der Waals surface area contributed by atoms with E-state index in [2.05, 4.69) is 44.7 Å². The van der Waals surface area contributed by atoms with Crippen LogP contribution in [0.4, 0.5) is 0 Å². The summed E-state index contributed by atoms with van der Waals surface area (Å²) in [5, 5.41) is 0. The zero-order chi connectivity index (χ0) is 21.2. The van der Waals surface area contributed by atoms with Gasteiger partial charge in [0.05, 0.1) is 5.56 Å². The minimum Gasteiger partial charge on any atom is -0.366 e. The quantitative estimate of drug-likeness (QED) is 0.742. The summed E-state index contributed by atoms with van der Waals surface area (Å²) >= 11 is 1.59. The number of hydrogen-bond donors (Lipinski definition) is 1. The van der Waals surface area contributed by atoms with Gasteiger partial charge in [-0.1, -0.05) is 52.0 Å². The van der Waals surface area contributed by atoms with Crippen LogP contribution in [0.1, 0.15) is 64.5 Å². The molecule has 5 heteroatoms. The first-order valence-corrected chi connectivity index (χ1v) is 11.2. The van der Waals surface area contributed by atoms with Gasteiger partial charge in [-0.15, -0.1) is 11.3 Å². The number of primary amides is 1. The summed E-state index contributed by atoms with van der Waals surface area (Å²) in [7, 11) is 0. The number of likely N-dealkylation sites (N-methyl/N-ethyl adjacent to an activating group) is 1. The van der Waals surface area contributed by atoms with E-state index in [1.807, 2.05) is 12.1 Å². The van der Waals surface area contributed by atoms with E-state index in [-0.39, 0.29) is 17.6 Å². The molecular weight excluding hydrogens is 380 g/mol. The molecule has 1 aliphatic heterocycles. The molecule has 0 spiro atoms. The summed E-state index contributed by atoms with van der Waals surface area (Å²) in [6.07, 6.45) is 2.52. The van der Waals surface area contributed by atoms with Crippen molar-refractivity contribution in [2.24, 2.45) is 11.1 Å². The first-order valence-electron chi connectivity index (χ1n) is 10.4. The van der Waals surface area contributed by atoms with Crippen LogP contribution in [-0.2, 0) is 37.0 Å². The maximum atomic E-state index is 12.7. The van der Waals surface area contributed by atoms with E-state index in [4.69, 9.17) is 5.73 Å². The van der Waals surface area contributed by atoms with E-state index in [0.717, 1.165) is 48.5 Å². The number of thiophene rings is 1. The maximum absolute atomic E-state index is 12.7. The van der Waals surface area contributed by atoms with Crippen LogP contribution >= 0.6 is 11.3 Å². The van der Waals surface area contributed by atoms with Crippen LogP contribution in [0, 0.1) is 5.41 Å². The van der Waals surface area contributed by atoms with E-state index in [1.165, 1.54) is 10.4 Å². The molecule has 29 heavy (non-hydrogen) atoms. The summed E-state index contributed by atoms with van der Waals surface area (Å²) in [6, 6.07) is 8.33. The molecule has 1 aromatic carbocycles. The molecule has 0 unspecified atom stereocenters. The highest BCUT2D eigenvalue weighted by Crippen LogP contribution is 2.33. The highest BCUT2D eigenvalue weighted by atomic mass is 32.1. The van der Waals surface area contributed by atoms with Crippen molar-refractivity contribution in [1.82, 2.24) is 4.90 Å². The van der Waals surface area contributed by atoms with Crippen molar-refractivity contribution in [1.29, 1.82) is 0 Å². The van der Waals surface area contributed by atoms with E-state index in [9.17, 15) is 9.59 Å². The van der Waals surface area contributed by atoms with Gasteiger partial charge in [-0.2, -0.15) is 0 Å². The second-order valence-corrected chi connectivity index (χ2v) is 10.4. The zero-order valence-corrected chi connectivity index (χ0v) is 18.8. The fourth-order valence-corrected chi connectivity index (χ4v) is 5.48. The van der Waals surface area contributed by atoms with Crippen molar-refractivity contribution in [2.45, 2.75) is 59.9 Å². The number of amides is 1. The lowest BCUT2D eigenvalue weighted by atomic mass is 9.88. The highest BCUT2D eigenvalue weighted by Gasteiger charge is 2.27. The third kappa shape index (κ3) is 5.55. The number of ketones is 1. The van der Waals surface area contributed by atoms with E-state index in [0.29, 0.717) is 12.0 Å². The standard InChI is InChI=1S/C24H32N2O2S/c1-5-26-11-10-19-21(15-26)29-20(22(19)23(25)28)13-18(27)12-16-6-8-17(9-7-16)14-24(2,3)4/h6-9H,5,10-15H2,1-4H3,(H2,25,28). The SMILES string of the molecule is CCN1CCc2c(sc(CC(=O)Cc3ccc(CC(C)(C)C)cc3)c2C(N)=O)C1. The molecule has 0 aliphatic carbocycles. The lowest BCUT2D eigenvalue weighted by Gasteiger charge is -2.25. The zero-order valence-electron chi connectivity index (χ0n) is 18.0. The summed E-state index contributed by atoms with van der Waals surface area (Å²) < 4.78 is 0. The number of nitrogens with zero attached hydrogens (tertiary/aromatic N) is 1. The second kappa shape index (κ2) is 8.80. The molecule has 3 rings (SSSR count). The van der Waals surface area contributed by atoms with Crippen molar-refractivity contribution in [2.75, 3.05) is 13.1 Å².